The summed E-state index contributed by atoms with van der Waals surface area (Å²) in [6.07, 6.45) is -2.63. The van der Waals surface area contributed by atoms with Crippen molar-refractivity contribution in [3.8, 4) is 0 Å². The van der Waals surface area contributed by atoms with E-state index in [0.29, 0.717) is 17.1 Å². The minimum atomic E-state index is -4.39. The smallest absolute Gasteiger partial charge is 0.310 e. The molecule has 1 heterocycles. The summed E-state index contributed by atoms with van der Waals surface area (Å²) in [6, 6.07) is 0. The molecule has 9 heteroatoms. The molecule has 0 atom stereocenters. The second kappa shape index (κ2) is 8.59. The third-order valence-electron chi connectivity index (χ3n) is 3.33. The normalized spacial score (nSPS) is 13.1. The van der Waals surface area contributed by atoms with Gasteiger partial charge in [0.15, 0.2) is 0 Å². The van der Waals surface area contributed by atoms with Crippen LogP contribution in [0.5, 0.6) is 0 Å². The lowest BCUT2D eigenvalue weighted by atomic mass is 10.2. The molecule has 1 amide bonds. The van der Waals surface area contributed by atoms with Gasteiger partial charge in [0.05, 0.1) is 30.2 Å². The fourth-order valence-electron chi connectivity index (χ4n) is 2.15. The van der Waals surface area contributed by atoms with Gasteiger partial charge in [0, 0.05) is 18.7 Å². The number of halogens is 4. The van der Waals surface area contributed by atoms with Gasteiger partial charge in [-0.15, -0.1) is 0 Å². The summed E-state index contributed by atoms with van der Waals surface area (Å²) >= 11 is 0. The SMILES string of the molecule is C=N/C=C(F)\C=C(/C)n1cc(N(CC)C(=O)CCC(F)(F)F)c(C)n1. The molecule has 25 heavy (non-hydrogen) atoms. The van der Waals surface area contributed by atoms with Crippen molar-refractivity contribution in [2.75, 3.05) is 11.4 Å². The van der Waals surface area contributed by atoms with Crippen LogP contribution in [0.2, 0.25) is 0 Å². The molecule has 5 nitrogen and oxygen atoms in total. The largest absolute Gasteiger partial charge is 0.389 e. The molecule has 138 valence electrons. The lowest BCUT2D eigenvalue weighted by molar-refractivity contribution is -0.143. The molecule has 1 aromatic heterocycles. The molecule has 0 N–H and O–H groups in total. The highest BCUT2D eigenvalue weighted by Crippen LogP contribution is 2.25. The van der Waals surface area contributed by atoms with E-state index in [4.69, 9.17) is 0 Å². The van der Waals surface area contributed by atoms with Gasteiger partial charge in [-0.3, -0.25) is 9.79 Å². The molecule has 0 radical (unpaired) electrons. The van der Waals surface area contributed by atoms with Crippen LogP contribution in [0, 0.1) is 6.92 Å². The Morgan fingerprint density at radius 3 is 2.64 bits per heavy atom. The fraction of sp³-hybridized carbons (Fsp3) is 0.438. The first-order valence-corrected chi connectivity index (χ1v) is 7.52. The molecule has 0 unspecified atom stereocenters. The first kappa shape index (κ1) is 20.6. The number of hydrogen-bond donors (Lipinski definition) is 0. The average molecular weight is 360 g/mol. The van der Waals surface area contributed by atoms with Crippen LogP contribution >= 0.6 is 0 Å². The predicted molar refractivity (Wildman–Crippen MR) is 89.0 cm³/mol. The van der Waals surface area contributed by atoms with Crippen molar-refractivity contribution in [1.82, 2.24) is 9.78 Å². The van der Waals surface area contributed by atoms with Crippen molar-refractivity contribution < 1.29 is 22.4 Å². The first-order chi connectivity index (χ1) is 11.6. The molecule has 0 aliphatic rings. The third kappa shape index (κ3) is 6.17. The van der Waals surface area contributed by atoms with Crippen molar-refractivity contribution in [1.29, 1.82) is 0 Å². The topological polar surface area (TPSA) is 50.5 Å². The molecule has 0 spiro atoms. The number of aryl methyl sites for hydroxylation is 1. The van der Waals surface area contributed by atoms with E-state index in [1.165, 1.54) is 21.9 Å². The number of anilines is 1. The lowest BCUT2D eigenvalue weighted by Gasteiger charge is -2.20. The molecule has 1 rings (SSSR count). The summed E-state index contributed by atoms with van der Waals surface area (Å²) < 4.78 is 51.7. The predicted octanol–water partition coefficient (Wildman–Crippen LogP) is 4.26. The standard InChI is InChI=1S/C16H20F4N4O/c1-5-23(15(25)6-7-16(18,19)20)14-10-24(22-12(14)3)11(2)8-13(17)9-21-4/h8-10H,4-7H2,1-3H3/b11-8+,13-9+. The molecule has 0 saturated heterocycles. The maximum atomic E-state index is 13.5. The summed E-state index contributed by atoms with van der Waals surface area (Å²) in [5.74, 6) is -1.28. The number of allylic oxidation sites excluding steroid dienone is 3. The number of carbonyl (C=O) groups is 1. The molecule has 0 fully saturated rings. The fourth-order valence-corrected chi connectivity index (χ4v) is 2.15. The van der Waals surface area contributed by atoms with E-state index in [0.717, 1.165) is 6.20 Å². The van der Waals surface area contributed by atoms with E-state index in [1.54, 1.807) is 20.8 Å². The molecule has 0 bridgehead atoms. The van der Waals surface area contributed by atoms with Gasteiger partial charge >= 0.3 is 6.18 Å². The molecule has 0 aliphatic carbocycles. The first-order valence-electron chi connectivity index (χ1n) is 7.52. The second-order valence-corrected chi connectivity index (χ2v) is 5.28. The van der Waals surface area contributed by atoms with Crippen LogP contribution in [0.3, 0.4) is 0 Å². The lowest BCUT2D eigenvalue weighted by Crippen LogP contribution is -2.31. The van der Waals surface area contributed by atoms with Crippen LogP contribution in [-0.4, -0.2) is 35.1 Å². The Bertz CT molecular complexity index is 689. The van der Waals surface area contributed by atoms with Crippen LogP contribution in [-0.2, 0) is 4.79 Å². The van der Waals surface area contributed by atoms with Crippen molar-refractivity contribution in [3.63, 3.8) is 0 Å². The van der Waals surface area contributed by atoms with Gasteiger partial charge in [-0.25, -0.2) is 9.07 Å². The molecular formula is C16H20F4N4O. The Labute approximate surface area is 143 Å². The highest BCUT2D eigenvalue weighted by Gasteiger charge is 2.29. The van der Waals surface area contributed by atoms with Gasteiger partial charge in [-0.05, 0) is 33.6 Å². The molecule has 0 aromatic carbocycles. The van der Waals surface area contributed by atoms with Crippen molar-refractivity contribution >= 4 is 24.0 Å². The Morgan fingerprint density at radius 2 is 2.12 bits per heavy atom. The van der Waals surface area contributed by atoms with Gasteiger partial charge in [-0.1, -0.05) is 0 Å². The number of nitrogens with zero attached hydrogens (tertiary/aromatic N) is 4. The second-order valence-electron chi connectivity index (χ2n) is 5.28. The van der Waals surface area contributed by atoms with Gasteiger partial charge in [0.25, 0.3) is 0 Å². The number of hydrogen-bond acceptors (Lipinski definition) is 3. The zero-order valence-electron chi connectivity index (χ0n) is 14.3. The van der Waals surface area contributed by atoms with E-state index >= 15 is 0 Å². The average Bonchev–Trinajstić information content (AvgIpc) is 2.87. The summed E-state index contributed by atoms with van der Waals surface area (Å²) in [7, 11) is 0. The Kier molecular flexibility index (Phi) is 7.08. The number of rotatable bonds is 7. The summed E-state index contributed by atoms with van der Waals surface area (Å²) in [5, 5.41) is 4.18. The maximum absolute atomic E-state index is 13.5. The minimum Gasteiger partial charge on any atom is -0.310 e. The Morgan fingerprint density at radius 1 is 1.48 bits per heavy atom. The molecule has 1 aromatic rings. The van der Waals surface area contributed by atoms with E-state index in [1.807, 2.05) is 0 Å². The molecular weight excluding hydrogens is 340 g/mol. The van der Waals surface area contributed by atoms with Crippen molar-refractivity contribution in [3.05, 3.63) is 30.0 Å². The van der Waals surface area contributed by atoms with Gasteiger partial charge in [0.1, 0.15) is 5.83 Å². The summed E-state index contributed by atoms with van der Waals surface area (Å²) in [4.78, 5) is 16.6. The van der Waals surface area contributed by atoms with E-state index in [9.17, 15) is 22.4 Å². The summed E-state index contributed by atoms with van der Waals surface area (Å²) in [5.41, 5.74) is 1.24. The number of carbonyl (C=O) groups excluding carboxylic acids is 1. The Hall–Kier alpha value is -2.45. The van der Waals surface area contributed by atoms with E-state index in [-0.39, 0.29) is 6.54 Å². The van der Waals surface area contributed by atoms with Crippen molar-refractivity contribution in [2.45, 2.75) is 39.8 Å². The van der Waals surface area contributed by atoms with Crippen LogP contribution < -0.4 is 4.90 Å². The number of amides is 1. The number of aliphatic imine (C=N–C) groups is 1. The quantitative estimate of drug-likeness (QED) is 0.414. The zero-order valence-corrected chi connectivity index (χ0v) is 14.3. The van der Waals surface area contributed by atoms with Gasteiger partial charge in [0.2, 0.25) is 5.91 Å². The number of alkyl halides is 3. The molecule has 0 aliphatic heterocycles. The van der Waals surface area contributed by atoms with Crippen LogP contribution in [0.15, 0.2) is 29.3 Å². The third-order valence-corrected chi connectivity index (χ3v) is 3.33. The van der Waals surface area contributed by atoms with Crippen LogP contribution in [0.1, 0.15) is 32.4 Å². The maximum Gasteiger partial charge on any atom is 0.389 e. The van der Waals surface area contributed by atoms with Crippen LogP contribution in [0.25, 0.3) is 5.70 Å². The minimum absolute atomic E-state index is 0.195. The zero-order chi connectivity index (χ0) is 19.2. The van der Waals surface area contributed by atoms with E-state index in [2.05, 4.69) is 16.8 Å². The van der Waals surface area contributed by atoms with Gasteiger partial charge < -0.3 is 4.90 Å². The monoisotopic (exact) mass is 360 g/mol. The van der Waals surface area contributed by atoms with Crippen LogP contribution in [0.4, 0.5) is 23.2 Å². The van der Waals surface area contributed by atoms with Gasteiger partial charge in [-0.2, -0.15) is 18.3 Å². The highest BCUT2D eigenvalue weighted by molar-refractivity contribution is 5.93. The molecule has 0 saturated carbocycles. The number of aromatic nitrogens is 2. The Balaban J connectivity index is 3.04. The highest BCUT2D eigenvalue weighted by atomic mass is 19.4. The summed E-state index contributed by atoms with van der Waals surface area (Å²) in [6.45, 7) is 8.21. The van der Waals surface area contributed by atoms with Crippen molar-refractivity contribution in [2.24, 2.45) is 4.99 Å². The van der Waals surface area contributed by atoms with E-state index < -0.39 is 30.8 Å².